The lowest BCUT2D eigenvalue weighted by Crippen LogP contribution is -2.57. The summed E-state index contributed by atoms with van der Waals surface area (Å²) in [6.07, 6.45) is 27.9. The number of nitrogens with zero attached hydrogens (tertiary/aromatic N) is 4. The zero-order valence-corrected chi connectivity index (χ0v) is 55.7. The minimum Gasteiger partial charge on any atom is -0.466 e. The summed E-state index contributed by atoms with van der Waals surface area (Å²) in [5, 5.41) is 0. The van der Waals surface area contributed by atoms with Crippen molar-refractivity contribution < 1.29 is 57.2 Å². The average Bonchev–Trinajstić information content (AvgIpc) is 3.65. The van der Waals surface area contributed by atoms with E-state index < -0.39 is 0 Å². The third-order valence-electron chi connectivity index (χ3n) is 16.1. The van der Waals surface area contributed by atoms with E-state index in [1.54, 1.807) is 0 Å². The van der Waals surface area contributed by atoms with Crippen molar-refractivity contribution in [3.05, 3.63) is 0 Å². The molecule has 2 unspecified atom stereocenters. The second-order valence-electron chi connectivity index (χ2n) is 26.0. The molecule has 0 N–H and O–H groups in total. The molecule has 1 rings (SSSR count). The third-order valence-corrected chi connectivity index (χ3v) is 16.1. The Morgan fingerprint density at radius 2 is 0.500 bits per heavy atom. The summed E-state index contributed by atoms with van der Waals surface area (Å²) < 4.78 is 33.6. The highest BCUT2D eigenvalue weighted by atomic mass is 16.6. The molecule has 1 aliphatic rings. The first kappa shape index (κ1) is 78.7. The maximum Gasteiger partial charge on any atom is 0.307 e. The predicted octanol–water partition coefficient (Wildman–Crippen LogP) is 13.6. The van der Waals surface area contributed by atoms with Gasteiger partial charge in [-0.25, -0.2) is 0 Å². The van der Waals surface area contributed by atoms with E-state index in [9.17, 15) is 28.8 Å². The molecule has 0 aromatic carbocycles. The molecule has 0 saturated carbocycles. The molecule has 84 heavy (non-hydrogen) atoms. The molecule has 0 aromatic rings. The fourth-order valence-electron chi connectivity index (χ4n) is 10.5. The van der Waals surface area contributed by atoms with Crippen molar-refractivity contribution in [3.8, 4) is 0 Å². The molecule has 492 valence electrons. The van der Waals surface area contributed by atoms with Crippen LogP contribution < -0.4 is 0 Å². The monoisotopic (exact) mass is 1190 g/mol. The Morgan fingerprint density at radius 1 is 0.310 bits per heavy atom. The Hall–Kier alpha value is -3.34. The summed E-state index contributed by atoms with van der Waals surface area (Å²) in [6.45, 7) is 29.3. The van der Waals surface area contributed by atoms with E-state index >= 15 is 0 Å². The SMILES string of the molecule is CC(C)CCCCCCCOC(=O)CCN(CCC(=O)OCCCCCCCC(C)C)CCC(=O)OCCN1CC(C)N(CCOC(=O)CCN(CCC(=O)OCCCCCCCC(C)C)CCC(=O)OCCCCCCCC(C)C)CC1C. The van der Waals surface area contributed by atoms with Crippen LogP contribution in [0.1, 0.15) is 262 Å². The first-order chi connectivity index (χ1) is 40.3. The van der Waals surface area contributed by atoms with Crippen molar-refractivity contribution in [1.29, 1.82) is 0 Å². The van der Waals surface area contributed by atoms with Crippen LogP contribution in [-0.2, 0) is 57.2 Å². The molecule has 0 amide bonds. The van der Waals surface area contributed by atoms with Crippen LogP contribution in [0.3, 0.4) is 0 Å². The van der Waals surface area contributed by atoms with E-state index in [1.807, 2.05) is 9.80 Å². The van der Waals surface area contributed by atoms with Crippen LogP contribution in [0.15, 0.2) is 0 Å². The number of hydrogen-bond acceptors (Lipinski definition) is 16. The molecule has 16 nitrogen and oxygen atoms in total. The van der Waals surface area contributed by atoms with Crippen LogP contribution >= 0.6 is 0 Å². The lowest BCUT2D eigenvalue weighted by molar-refractivity contribution is -0.147. The molecule has 0 radical (unpaired) electrons. The number of ether oxygens (including phenoxy) is 6. The second kappa shape index (κ2) is 52.8. The van der Waals surface area contributed by atoms with E-state index in [1.165, 1.54) is 77.0 Å². The lowest BCUT2D eigenvalue weighted by Gasteiger charge is -2.44. The molecule has 1 aliphatic heterocycles. The van der Waals surface area contributed by atoms with Gasteiger partial charge in [-0.2, -0.15) is 0 Å². The van der Waals surface area contributed by atoms with Crippen LogP contribution in [0.5, 0.6) is 0 Å². The zero-order valence-electron chi connectivity index (χ0n) is 55.7. The Kier molecular flexibility index (Phi) is 49.4. The molecule has 1 fully saturated rings. The Morgan fingerprint density at radius 3 is 0.714 bits per heavy atom. The number of esters is 6. The van der Waals surface area contributed by atoms with E-state index in [0.29, 0.717) is 78.8 Å². The van der Waals surface area contributed by atoms with E-state index in [-0.39, 0.29) is 99.6 Å². The number of rotatable bonds is 56. The van der Waals surface area contributed by atoms with Crippen LogP contribution in [0.25, 0.3) is 0 Å². The lowest BCUT2D eigenvalue weighted by atomic mass is 10.0. The van der Waals surface area contributed by atoms with Gasteiger partial charge in [-0.15, -0.1) is 0 Å². The van der Waals surface area contributed by atoms with Gasteiger partial charge in [0.15, 0.2) is 0 Å². The summed E-state index contributed by atoms with van der Waals surface area (Å²) in [4.78, 5) is 85.6. The van der Waals surface area contributed by atoms with E-state index in [0.717, 1.165) is 114 Å². The Labute approximate surface area is 513 Å². The van der Waals surface area contributed by atoms with Crippen molar-refractivity contribution in [3.63, 3.8) is 0 Å². The highest BCUT2D eigenvalue weighted by molar-refractivity contribution is 5.72. The Balaban J connectivity index is 2.59. The summed E-state index contributed by atoms with van der Waals surface area (Å²) >= 11 is 0. The van der Waals surface area contributed by atoms with Crippen LogP contribution in [-0.4, -0.2) is 173 Å². The van der Waals surface area contributed by atoms with Gasteiger partial charge >= 0.3 is 35.8 Å². The number of carbonyl (C=O) groups excluding carboxylic acids is 6. The highest BCUT2D eigenvalue weighted by Gasteiger charge is 2.29. The molecule has 0 aliphatic carbocycles. The van der Waals surface area contributed by atoms with Gasteiger partial charge in [0, 0.05) is 77.5 Å². The molecule has 16 heteroatoms. The normalized spacial score (nSPS) is 15.0. The molecule has 0 bridgehead atoms. The highest BCUT2D eigenvalue weighted by Crippen LogP contribution is 2.17. The van der Waals surface area contributed by atoms with E-state index in [2.05, 4.69) is 79.0 Å². The molecule has 1 saturated heterocycles. The van der Waals surface area contributed by atoms with Crippen LogP contribution in [0.2, 0.25) is 0 Å². The molecule has 1 heterocycles. The minimum absolute atomic E-state index is 0.134. The summed E-state index contributed by atoms with van der Waals surface area (Å²) in [6, 6.07) is 0.363. The van der Waals surface area contributed by atoms with Gasteiger partial charge in [-0.1, -0.05) is 184 Å². The first-order valence-electron chi connectivity index (χ1n) is 34.2. The predicted molar refractivity (Wildman–Crippen MR) is 339 cm³/mol. The quantitative estimate of drug-likeness (QED) is 0.0320. The Bertz CT molecular complexity index is 1470. The van der Waals surface area contributed by atoms with Gasteiger partial charge in [0.2, 0.25) is 0 Å². The average molecular weight is 1190 g/mol. The maximum atomic E-state index is 13.1. The number of piperazine rings is 1. The van der Waals surface area contributed by atoms with Gasteiger partial charge in [-0.05, 0) is 63.2 Å². The topological polar surface area (TPSA) is 171 Å². The summed E-state index contributed by atoms with van der Waals surface area (Å²) in [5.41, 5.74) is 0. The fraction of sp³-hybridized carbons (Fsp3) is 0.912. The summed E-state index contributed by atoms with van der Waals surface area (Å²) in [7, 11) is 0. The van der Waals surface area contributed by atoms with Gasteiger partial charge < -0.3 is 38.2 Å². The zero-order chi connectivity index (χ0) is 62.0. The first-order valence-corrected chi connectivity index (χ1v) is 34.2. The smallest absolute Gasteiger partial charge is 0.307 e. The van der Waals surface area contributed by atoms with Gasteiger partial charge in [0.25, 0.3) is 0 Å². The van der Waals surface area contributed by atoms with Crippen LogP contribution in [0.4, 0.5) is 0 Å². The molecular weight excluding hydrogens is 1060 g/mol. The fourth-order valence-corrected chi connectivity index (χ4v) is 10.5. The third kappa shape index (κ3) is 48.7. The standard InChI is InChI=1S/C68H128N4O12/c1-57(2)31-23-15-11-19-27-49-79-63(73)35-41-69(42-36-64(74)80-50-28-20-12-16-24-32-58(3)4)45-39-67(77)83-53-47-71-55-62(10)72(56-61(71)9)48-54-84-68(78)40-46-70(43-37-65(75)81-51-29-21-13-17-25-33-59(5)6)44-38-66(76)82-52-30-22-14-18-26-34-60(7)8/h57-62H,11-56H2,1-10H3. The molecule has 0 spiro atoms. The molecule has 2 atom stereocenters. The number of hydrogen-bond donors (Lipinski definition) is 0. The van der Waals surface area contributed by atoms with Gasteiger partial charge in [0.05, 0.1) is 65.0 Å². The number of carbonyl (C=O) groups is 6. The maximum absolute atomic E-state index is 13.1. The van der Waals surface area contributed by atoms with Crippen LogP contribution in [0, 0.1) is 23.7 Å². The van der Waals surface area contributed by atoms with Crippen molar-refractivity contribution >= 4 is 35.8 Å². The molecular formula is C68H128N4O12. The van der Waals surface area contributed by atoms with Gasteiger partial charge in [-0.3, -0.25) is 38.6 Å². The molecule has 0 aromatic heterocycles. The largest absolute Gasteiger partial charge is 0.466 e. The summed E-state index contributed by atoms with van der Waals surface area (Å²) in [5.74, 6) is 1.17. The van der Waals surface area contributed by atoms with Gasteiger partial charge in [0.1, 0.15) is 13.2 Å². The second-order valence-corrected chi connectivity index (χ2v) is 26.0. The van der Waals surface area contributed by atoms with Crippen molar-refractivity contribution in [2.75, 3.05) is 105 Å². The minimum atomic E-state index is -0.325. The van der Waals surface area contributed by atoms with Crippen molar-refractivity contribution in [1.82, 2.24) is 19.6 Å². The van der Waals surface area contributed by atoms with Crippen molar-refractivity contribution in [2.45, 2.75) is 274 Å². The number of unbranched alkanes of at least 4 members (excludes halogenated alkanes) is 16. The van der Waals surface area contributed by atoms with E-state index in [4.69, 9.17) is 28.4 Å². The van der Waals surface area contributed by atoms with Crippen molar-refractivity contribution in [2.24, 2.45) is 23.7 Å².